The lowest BCUT2D eigenvalue weighted by Crippen LogP contribution is -2.20. The predicted molar refractivity (Wildman–Crippen MR) is 104 cm³/mol. The van der Waals surface area contributed by atoms with Crippen molar-refractivity contribution in [1.82, 2.24) is 0 Å². The lowest BCUT2D eigenvalue weighted by atomic mass is 9.92. The molecule has 1 heterocycles. The summed E-state index contributed by atoms with van der Waals surface area (Å²) in [5.74, 6) is -0.800. The van der Waals surface area contributed by atoms with E-state index in [4.69, 9.17) is 9.47 Å². The first-order chi connectivity index (χ1) is 13.5. The van der Waals surface area contributed by atoms with Gasteiger partial charge in [-0.3, -0.25) is 0 Å². The van der Waals surface area contributed by atoms with Crippen LogP contribution in [0.1, 0.15) is 54.5 Å². The average molecular weight is 390 g/mol. The molecule has 2 aromatic carbocycles. The quantitative estimate of drug-likeness (QED) is 0.550. The maximum Gasteiger partial charge on any atom is 0.270 e. The summed E-state index contributed by atoms with van der Waals surface area (Å²) in [5, 5.41) is 0. The Morgan fingerprint density at radius 1 is 1.14 bits per heavy atom. The zero-order chi connectivity index (χ0) is 20.1. The summed E-state index contributed by atoms with van der Waals surface area (Å²) < 4.78 is 52.4. The first kappa shape index (κ1) is 20.5. The highest BCUT2D eigenvalue weighted by atomic mass is 19.3. The first-order valence-corrected chi connectivity index (χ1v) is 9.59. The van der Waals surface area contributed by atoms with Gasteiger partial charge in [0, 0.05) is 11.5 Å². The molecule has 0 N–H and O–H groups in total. The fourth-order valence-corrected chi connectivity index (χ4v) is 3.42. The minimum Gasteiger partial charge on any atom is -0.493 e. The third kappa shape index (κ3) is 4.76. The molecule has 0 saturated carbocycles. The van der Waals surface area contributed by atoms with Crippen LogP contribution in [0.5, 0.6) is 5.75 Å². The fourth-order valence-electron chi connectivity index (χ4n) is 3.42. The molecule has 2 atom stereocenters. The van der Waals surface area contributed by atoms with Gasteiger partial charge in [-0.2, -0.15) is 0 Å². The smallest absolute Gasteiger partial charge is 0.270 e. The monoisotopic (exact) mass is 390 g/mol. The van der Waals surface area contributed by atoms with E-state index in [0.717, 1.165) is 12.0 Å². The maximum atomic E-state index is 14.7. The van der Waals surface area contributed by atoms with Crippen molar-refractivity contribution in [3.8, 4) is 5.75 Å². The van der Waals surface area contributed by atoms with Crippen molar-refractivity contribution < 1.29 is 22.6 Å². The molecule has 1 fully saturated rings. The highest BCUT2D eigenvalue weighted by molar-refractivity contribution is 5.50. The Bertz CT molecular complexity index is 807. The van der Waals surface area contributed by atoms with Crippen LogP contribution in [-0.2, 0) is 4.74 Å². The molecule has 0 amide bonds. The third-order valence-corrected chi connectivity index (χ3v) is 4.98. The molecule has 0 bridgehead atoms. The summed E-state index contributed by atoms with van der Waals surface area (Å²) >= 11 is 0. The molecule has 0 spiro atoms. The Balaban J connectivity index is 1.67. The zero-order valence-electron chi connectivity index (χ0n) is 16.1. The van der Waals surface area contributed by atoms with E-state index in [1.807, 2.05) is 6.92 Å². The van der Waals surface area contributed by atoms with E-state index >= 15 is 0 Å². The third-order valence-electron chi connectivity index (χ3n) is 4.98. The number of ether oxygens (including phenoxy) is 2. The lowest BCUT2D eigenvalue weighted by Gasteiger charge is -2.28. The molecule has 28 heavy (non-hydrogen) atoms. The standard InChI is InChI=1S/C23H25F3O2/c1-3-27-20-13-11-18(22(24)21(20)23(25)26)19-12-10-17(14-28-19)9-8-16-6-4-15(2)5-7-16/h4-9,11,13,17,19,23H,3,10,12,14H2,1-2H3/b9-8+. The number of halogens is 3. The molecule has 2 aromatic rings. The fraction of sp³-hybridized carbons (Fsp3) is 0.391. The molecule has 2 unspecified atom stereocenters. The van der Waals surface area contributed by atoms with E-state index in [-0.39, 0.29) is 23.8 Å². The largest absolute Gasteiger partial charge is 0.493 e. The topological polar surface area (TPSA) is 18.5 Å². The Kier molecular flexibility index (Phi) is 6.79. The van der Waals surface area contributed by atoms with Gasteiger partial charge in [0.15, 0.2) is 0 Å². The second-order valence-corrected chi connectivity index (χ2v) is 7.04. The molecular weight excluding hydrogens is 365 g/mol. The van der Waals surface area contributed by atoms with Gasteiger partial charge in [-0.05, 0) is 44.4 Å². The molecule has 1 aliphatic heterocycles. The molecule has 1 saturated heterocycles. The average Bonchev–Trinajstić information content (AvgIpc) is 2.68. The van der Waals surface area contributed by atoms with Crippen molar-refractivity contribution >= 4 is 6.08 Å². The van der Waals surface area contributed by atoms with Crippen LogP contribution in [0.4, 0.5) is 13.2 Å². The molecule has 2 nitrogen and oxygen atoms in total. The number of benzene rings is 2. The summed E-state index contributed by atoms with van der Waals surface area (Å²) in [6.45, 7) is 4.36. The van der Waals surface area contributed by atoms with Gasteiger partial charge in [-0.1, -0.05) is 42.0 Å². The minimum absolute atomic E-state index is 0.103. The van der Waals surface area contributed by atoms with Gasteiger partial charge in [0.05, 0.1) is 24.9 Å². The van der Waals surface area contributed by atoms with Gasteiger partial charge in [0.2, 0.25) is 0 Å². The van der Waals surface area contributed by atoms with Gasteiger partial charge in [-0.25, -0.2) is 13.2 Å². The number of aryl methyl sites for hydroxylation is 1. The van der Waals surface area contributed by atoms with Gasteiger partial charge in [-0.15, -0.1) is 0 Å². The molecular formula is C23H25F3O2. The minimum atomic E-state index is -2.93. The van der Waals surface area contributed by atoms with Crippen LogP contribution in [-0.4, -0.2) is 13.2 Å². The summed E-state index contributed by atoms with van der Waals surface area (Å²) in [4.78, 5) is 0. The Labute approximate surface area is 164 Å². The van der Waals surface area contributed by atoms with Crippen molar-refractivity contribution in [1.29, 1.82) is 0 Å². The van der Waals surface area contributed by atoms with Crippen LogP contribution in [0.15, 0.2) is 42.5 Å². The van der Waals surface area contributed by atoms with E-state index in [0.29, 0.717) is 13.0 Å². The van der Waals surface area contributed by atoms with E-state index in [2.05, 4.69) is 36.4 Å². The second-order valence-electron chi connectivity index (χ2n) is 7.04. The van der Waals surface area contributed by atoms with Crippen molar-refractivity contribution in [3.63, 3.8) is 0 Å². The van der Waals surface area contributed by atoms with E-state index < -0.39 is 23.9 Å². The second kappa shape index (κ2) is 9.28. The van der Waals surface area contributed by atoms with E-state index in [1.54, 1.807) is 6.92 Å². The Morgan fingerprint density at radius 3 is 2.50 bits per heavy atom. The SMILES string of the molecule is CCOc1ccc(C2CCC(/C=C/c3ccc(C)cc3)CO2)c(F)c1C(F)F. The molecule has 0 radical (unpaired) electrons. The van der Waals surface area contributed by atoms with Crippen LogP contribution in [0, 0.1) is 18.7 Å². The van der Waals surface area contributed by atoms with Crippen molar-refractivity contribution in [3.05, 3.63) is 70.5 Å². The van der Waals surface area contributed by atoms with E-state index in [9.17, 15) is 13.2 Å². The molecule has 1 aliphatic rings. The van der Waals surface area contributed by atoms with Gasteiger partial charge in [0.25, 0.3) is 6.43 Å². The number of hydrogen-bond donors (Lipinski definition) is 0. The zero-order valence-corrected chi connectivity index (χ0v) is 16.1. The van der Waals surface area contributed by atoms with Gasteiger partial charge in [0.1, 0.15) is 11.6 Å². The van der Waals surface area contributed by atoms with Crippen LogP contribution in [0.25, 0.3) is 6.08 Å². The van der Waals surface area contributed by atoms with Gasteiger partial charge >= 0.3 is 0 Å². The lowest BCUT2D eigenvalue weighted by molar-refractivity contribution is -0.00735. The molecule has 0 aromatic heterocycles. The highest BCUT2D eigenvalue weighted by Gasteiger charge is 2.29. The summed E-state index contributed by atoms with van der Waals surface area (Å²) in [5.41, 5.74) is 1.83. The van der Waals surface area contributed by atoms with Gasteiger partial charge < -0.3 is 9.47 Å². The normalized spacial score (nSPS) is 20.1. The Morgan fingerprint density at radius 2 is 1.89 bits per heavy atom. The molecule has 5 heteroatoms. The van der Waals surface area contributed by atoms with Crippen LogP contribution in [0.3, 0.4) is 0 Å². The molecule has 0 aliphatic carbocycles. The summed E-state index contributed by atoms with van der Waals surface area (Å²) in [6, 6.07) is 11.1. The van der Waals surface area contributed by atoms with E-state index in [1.165, 1.54) is 17.7 Å². The number of rotatable bonds is 6. The van der Waals surface area contributed by atoms with Crippen molar-refractivity contribution in [2.45, 2.75) is 39.2 Å². The summed E-state index contributed by atoms with van der Waals surface area (Å²) in [6.07, 6.45) is 2.09. The number of hydrogen-bond acceptors (Lipinski definition) is 2. The summed E-state index contributed by atoms with van der Waals surface area (Å²) in [7, 11) is 0. The van der Waals surface area contributed by atoms with Crippen LogP contribution in [0.2, 0.25) is 0 Å². The van der Waals surface area contributed by atoms with Crippen molar-refractivity contribution in [2.75, 3.05) is 13.2 Å². The molecule has 150 valence electrons. The predicted octanol–water partition coefficient (Wildman–Crippen LogP) is 6.65. The number of alkyl halides is 2. The van der Waals surface area contributed by atoms with Crippen LogP contribution >= 0.6 is 0 Å². The Hall–Kier alpha value is -2.27. The highest BCUT2D eigenvalue weighted by Crippen LogP contribution is 2.39. The van der Waals surface area contributed by atoms with Crippen LogP contribution < -0.4 is 4.74 Å². The molecule has 3 rings (SSSR count). The first-order valence-electron chi connectivity index (χ1n) is 9.59. The van der Waals surface area contributed by atoms with Crippen molar-refractivity contribution in [2.24, 2.45) is 5.92 Å². The maximum absolute atomic E-state index is 14.7.